The SMILES string of the molecule is O=C(COc1cccc(F)c1)NCCOc1ccccc1. The zero-order chi connectivity index (χ0) is 14.9. The van der Waals surface area contributed by atoms with Gasteiger partial charge in [-0.2, -0.15) is 0 Å². The summed E-state index contributed by atoms with van der Waals surface area (Å²) in [4.78, 5) is 11.5. The lowest BCUT2D eigenvalue weighted by Crippen LogP contribution is -2.32. The van der Waals surface area contributed by atoms with Gasteiger partial charge < -0.3 is 14.8 Å². The number of hydrogen-bond donors (Lipinski definition) is 1. The molecule has 5 heteroatoms. The maximum absolute atomic E-state index is 12.9. The molecule has 110 valence electrons. The number of rotatable bonds is 7. The van der Waals surface area contributed by atoms with Gasteiger partial charge in [0, 0.05) is 6.07 Å². The van der Waals surface area contributed by atoms with Crippen molar-refractivity contribution >= 4 is 5.91 Å². The molecule has 4 nitrogen and oxygen atoms in total. The first kappa shape index (κ1) is 14.8. The van der Waals surface area contributed by atoms with Crippen LogP contribution < -0.4 is 14.8 Å². The van der Waals surface area contributed by atoms with Gasteiger partial charge >= 0.3 is 0 Å². The zero-order valence-electron chi connectivity index (χ0n) is 11.4. The third-order valence-electron chi connectivity index (χ3n) is 2.60. The maximum atomic E-state index is 12.9. The predicted molar refractivity (Wildman–Crippen MR) is 76.8 cm³/mol. The molecule has 0 spiro atoms. The van der Waals surface area contributed by atoms with Crippen molar-refractivity contribution in [2.24, 2.45) is 0 Å². The van der Waals surface area contributed by atoms with E-state index < -0.39 is 5.82 Å². The summed E-state index contributed by atoms with van der Waals surface area (Å²) in [6.45, 7) is 0.588. The Kier molecular flexibility index (Phi) is 5.58. The molecule has 0 heterocycles. The second-order valence-electron chi connectivity index (χ2n) is 4.26. The Balaban J connectivity index is 1.62. The van der Waals surface area contributed by atoms with Crippen molar-refractivity contribution < 1.29 is 18.7 Å². The second kappa shape index (κ2) is 7.89. The van der Waals surface area contributed by atoms with E-state index in [9.17, 15) is 9.18 Å². The van der Waals surface area contributed by atoms with Crippen LogP contribution in [0.1, 0.15) is 0 Å². The van der Waals surface area contributed by atoms with E-state index in [0.29, 0.717) is 18.9 Å². The van der Waals surface area contributed by atoms with E-state index in [1.807, 2.05) is 30.3 Å². The average Bonchev–Trinajstić information content (AvgIpc) is 2.51. The average molecular weight is 289 g/mol. The molecule has 2 aromatic carbocycles. The Morgan fingerprint density at radius 2 is 1.76 bits per heavy atom. The Labute approximate surface area is 122 Å². The topological polar surface area (TPSA) is 47.6 Å². The number of ether oxygens (including phenoxy) is 2. The van der Waals surface area contributed by atoms with Crippen molar-refractivity contribution in [2.45, 2.75) is 0 Å². The normalized spacial score (nSPS) is 9.95. The molecule has 0 fully saturated rings. The van der Waals surface area contributed by atoms with Gasteiger partial charge in [0.25, 0.3) is 5.91 Å². The van der Waals surface area contributed by atoms with Crippen LogP contribution in [-0.2, 0) is 4.79 Å². The van der Waals surface area contributed by atoms with Crippen molar-refractivity contribution in [3.05, 3.63) is 60.4 Å². The first-order valence-corrected chi connectivity index (χ1v) is 6.57. The van der Waals surface area contributed by atoms with Gasteiger partial charge in [-0.1, -0.05) is 24.3 Å². The standard InChI is InChI=1S/C16H16FNO3/c17-13-5-4-8-15(11-13)21-12-16(19)18-9-10-20-14-6-2-1-3-7-14/h1-8,11H,9-10,12H2,(H,18,19). The molecule has 2 rings (SSSR count). The van der Waals surface area contributed by atoms with Gasteiger partial charge in [0.05, 0.1) is 6.54 Å². The van der Waals surface area contributed by atoms with Crippen LogP contribution in [0.5, 0.6) is 11.5 Å². The molecule has 0 saturated heterocycles. The largest absolute Gasteiger partial charge is 0.492 e. The number of para-hydroxylation sites is 1. The molecule has 2 aromatic rings. The fourth-order valence-electron chi connectivity index (χ4n) is 1.63. The number of hydrogen-bond acceptors (Lipinski definition) is 3. The summed E-state index contributed by atoms with van der Waals surface area (Å²) in [6.07, 6.45) is 0. The summed E-state index contributed by atoms with van der Waals surface area (Å²) in [5, 5.41) is 2.66. The van der Waals surface area contributed by atoms with Crippen molar-refractivity contribution in [1.82, 2.24) is 5.32 Å². The highest BCUT2D eigenvalue weighted by molar-refractivity contribution is 5.77. The van der Waals surface area contributed by atoms with Crippen LogP contribution in [0.15, 0.2) is 54.6 Å². The van der Waals surface area contributed by atoms with Crippen LogP contribution in [0, 0.1) is 5.82 Å². The fourth-order valence-corrected chi connectivity index (χ4v) is 1.63. The predicted octanol–water partition coefficient (Wildman–Crippen LogP) is 2.40. The number of benzene rings is 2. The van der Waals surface area contributed by atoms with Crippen LogP contribution in [-0.4, -0.2) is 25.7 Å². The van der Waals surface area contributed by atoms with E-state index in [-0.39, 0.29) is 12.5 Å². The summed E-state index contributed by atoms with van der Waals surface area (Å²) in [5.74, 6) is 0.397. The molecule has 1 N–H and O–H groups in total. The molecule has 0 radical (unpaired) electrons. The molecule has 0 aliphatic heterocycles. The minimum atomic E-state index is -0.399. The number of carbonyl (C=O) groups excluding carboxylic acids is 1. The molecule has 1 amide bonds. The second-order valence-corrected chi connectivity index (χ2v) is 4.26. The van der Waals surface area contributed by atoms with Gasteiger partial charge in [-0.15, -0.1) is 0 Å². The van der Waals surface area contributed by atoms with E-state index >= 15 is 0 Å². The van der Waals surface area contributed by atoms with Gasteiger partial charge in [0.2, 0.25) is 0 Å². The van der Waals surface area contributed by atoms with Crippen LogP contribution in [0.4, 0.5) is 4.39 Å². The van der Waals surface area contributed by atoms with Crippen molar-refractivity contribution in [2.75, 3.05) is 19.8 Å². The first-order valence-electron chi connectivity index (χ1n) is 6.57. The molecule has 0 bridgehead atoms. The third-order valence-corrected chi connectivity index (χ3v) is 2.60. The minimum absolute atomic E-state index is 0.158. The van der Waals surface area contributed by atoms with Gasteiger partial charge in [0.15, 0.2) is 6.61 Å². The number of carbonyl (C=O) groups is 1. The lowest BCUT2D eigenvalue weighted by atomic mass is 10.3. The number of amides is 1. The summed E-state index contributed by atoms with van der Waals surface area (Å²) in [7, 11) is 0. The van der Waals surface area contributed by atoms with Gasteiger partial charge in [-0.05, 0) is 24.3 Å². The highest BCUT2D eigenvalue weighted by Crippen LogP contribution is 2.11. The molecular formula is C16H16FNO3. The lowest BCUT2D eigenvalue weighted by molar-refractivity contribution is -0.123. The van der Waals surface area contributed by atoms with Crippen LogP contribution in [0.25, 0.3) is 0 Å². The lowest BCUT2D eigenvalue weighted by Gasteiger charge is -2.08. The Morgan fingerprint density at radius 1 is 1.00 bits per heavy atom. The molecule has 0 aliphatic rings. The van der Waals surface area contributed by atoms with Crippen LogP contribution in [0.2, 0.25) is 0 Å². The van der Waals surface area contributed by atoms with Crippen LogP contribution in [0.3, 0.4) is 0 Å². The summed E-state index contributed by atoms with van der Waals surface area (Å²) >= 11 is 0. The molecule has 0 aromatic heterocycles. The van der Waals surface area contributed by atoms with E-state index in [2.05, 4.69) is 5.32 Å². The number of halogens is 1. The highest BCUT2D eigenvalue weighted by atomic mass is 19.1. The van der Waals surface area contributed by atoms with Gasteiger partial charge in [-0.25, -0.2) is 4.39 Å². The molecule has 0 saturated carbocycles. The van der Waals surface area contributed by atoms with E-state index in [4.69, 9.17) is 9.47 Å². The Morgan fingerprint density at radius 3 is 2.52 bits per heavy atom. The maximum Gasteiger partial charge on any atom is 0.258 e. The van der Waals surface area contributed by atoms with Gasteiger partial charge in [0.1, 0.15) is 23.9 Å². The van der Waals surface area contributed by atoms with E-state index in [0.717, 1.165) is 5.75 Å². The minimum Gasteiger partial charge on any atom is -0.492 e. The molecule has 0 unspecified atom stereocenters. The fraction of sp³-hybridized carbons (Fsp3) is 0.188. The van der Waals surface area contributed by atoms with E-state index in [1.165, 1.54) is 18.2 Å². The third kappa shape index (κ3) is 5.52. The first-order chi connectivity index (χ1) is 10.2. The van der Waals surface area contributed by atoms with Crippen molar-refractivity contribution in [3.8, 4) is 11.5 Å². The summed E-state index contributed by atoms with van der Waals surface area (Å²) < 4.78 is 23.5. The van der Waals surface area contributed by atoms with Crippen molar-refractivity contribution in [3.63, 3.8) is 0 Å². The van der Waals surface area contributed by atoms with Crippen LogP contribution >= 0.6 is 0 Å². The molecular weight excluding hydrogens is 273 g/mol. The molecule has 0 atom stereocenters. The van der Waals surface area contributed by atoms with E-state index in [1.54, 1.807) is 6.07 Å². The van der Waals surface area contributed by atoms with Gasteiger partial charge in [-0.3, -0.25) is 4.79 Å². The summed E-state index contributed by atoms with van der Waals surface area (Å²) in [5.41, 5.74) is 0. The smallest absolute Gasteiger partial charge is 0.258 e. The highest BCUT2D eigenvalue weighted by Gasteiger charge is 2.03. The Bertz CT molecular complexity index is 575. The number of nitrogens with one attached hydrogen (secondary N) is 1. The summed E-state index contributed by atoms with van der Waals surface area (Å²) in [6, 6.07) is 15.0. The zero-order valence-corrected chi connectivity index (χ0v) is 11.4. The van der Waals surface area contributed by atoms with Crippen molar-refractivity contribution in [1.29, 1.82) is 0 Å². The quantitative estimate of drug-likeness (QED) is 0.796. The molecule has 21 heavy (non-hydrogen) atoms. The monoisotopic (exact) mass is 289 g/mol. The molecule has 0 aliphatic carbocycles. The Hall–Kier alpha value is -2.56.